The SMILES string of the molecule is c1ccc(-n2c3ccccc3c3ccc(-c4ccccc4-n4c5ccccc5c5c6c7ccccc7n(-c7ccccc7)c6ccc54)cc32)cc1. The summed E-state index contributed by atoms with van der Waals surface area (Å²) in [5.41, 5.74) is 13.1. The summed E-state index contributed by atoms with van der Waals surface area (Å²) < 4.78 is 7.28. The van der Waals surface area contributed by atoms with Crippen LogP contribution in [0, 0.1) is 0 Å². The number of hydrogen-bond acceptors (Lipinski definition) is 0. The van der Waals surface area contributed by atoms with Gasteiger partial charge in [0.2, 0.25) is 0 Å². The van der Waals surface area contributed by atoms with Crippen LogP contribution in [0.5, 0.6) is 0 Å². The van der Waals surface area contributed by atoms with Crippen molar-refractivity contribution in [3.63, 3.8) is 0 Å². The predicted molar refractivity (Wildman–Crippen MR) is 215 cm³/mol. The van der Waals surface area contributed by atoms with Crippen molar-refractivity contribution in [2.24, 2.45) is 0 Å². The van der Waals surface area contributed by atoms with E-state index >= 15 is 0 Å². The van der Waals surface area contributed by atoms with E-state index in [9.17, 15) is 0 Å². The molecule has 0 unspecified atom stereocenters. The number of hydrogen-bond donors (Lipinski definition) is 0. The van der Waals surface area contributed by atoms with E-state index in [1.165, 1.54) is 82.2 Å². The van der Waals surface area contributed by atoms with Crippen LogP contribution in [0.25, 0.3) is 93.6 Å². The molecule has 51 heavy (non-hydrogen) atoms. The number of nitrogens with zero attached hydrogens (tertiary/aromatic N) is 3. The van der Waals surface area contributed by atoms with Gasteiger partial charge in [0, 0.05) is 49.3 Å². The van der Waals surface area contributed by atoms with E-state index < -0.39 is 0 Å². The van der Waals surface area contributed by atoms with E-state index in [1.54, 1.807) is 0 Å². The van der Waals surface area contributed by atoms with Crippen molar-refractivity contribution in [2.45, 2.75) is 0 Å². The molecule has 3 nitrogen and oxygen atoms in total. The molecular weight excluding hydrogens is 619 g/mol. The first kappa shape index (κ1) is 28.0. The van der Waals surface area contributed by atoms with E-state index in [2.05, 4.69) is 202 Å². The molecule has 0 saturated heterocycles. The maximum absolute atomic E-state index is 2.48. The maximum Gasteiger partial charge on any atom is 0.0549 e. The van der Waals surface area contributed by atoms with Crippen molar-refractivity contribution in [3.05, 3.63) is 188 Å². The lowest BCUT2D eigenvalue weighted by molar-refractivity contribution is 1.17. The largest absolute Gasteiger partial charge is 0.309 e. The Bertz CT molecular complexity index is 3120. The third-order valence-corrected chi connectivity index (χ3v) is 10.6. The standard InChI is InChI=1S/C48H31N3/c1-3-15-33(16-4-1)49-42-25-13-9-21-38(42)47-44(49)29-30-45-48(47)39-22-10-14-26-43(39)51(45)40-23-11-7-19-35(40)32-27-28-37-36-20-8-12-24-41(36)50(46(37)31-32)34-17-5-2-6-18-34/h1-31H. The zero-order chi connectivity index (χ0) is 33.5. The van der Waals surface area contributed by atoms with Crippen LogP contribution in [0.3, 0.4) is 0 Å². The van der Waals surface area contributed by atoms with Crippen LogP contribution in [0.1, 0.15) is 0 Å². The fraction of sp³-hybridized carbons (Fsp3) is 0. The summed E-state index contributed by atoms with van der Waals surface area (Å²) >= 11 is 0. The van der Waals surface area contributed by atoms with Gasteiger partial charge >= 0.3 is 0 Å². The first-order valence-corrected chi connectivity index (χ1v) is 17.5. The molecule has 0 aliphatic carbocycles. The molecule has 0 aliphatic heterocycles. The molecule has 3 heterocycles. The average molecular weight is 650 g/mol. The number of aromatic nitrogens is 3. The van der Waals surface area contributed by atoms with Gasteiger partial charge in [-0.2, -0.15) is 0 Å². The van der Waals surface area contributed by atoms with Crippen LogP contribution in [0.15, 0.2) is 188 Å². The fourth-order valence-corrected chi connectivity index (χ4v) is 8.54. The van der Waals surface area contributed by atoms with Crippen molar-refractivity contribution >= 4 is 65.4 Å². The van der Waals surface area contributed by atoms with Crippen LogP contribution in [-0.4, -0.2) is 13.7 Å². The molecule has 0 amide bonds. The number of benzene rings is 8. The lowest BCUT2D eigenvalue weighted by atomic mass is 10.0. The molecule has 0 aliphatic rings. The van der Waals surface area contributed by atoms with Crippen molar-refractivity contribution in [1.29, 1.82) is 0 Å². The Morgan fingerprint density at radius 1 is 0.275 bits per heavy atom. The van der Waals surface area contributed by atoms with E-state index in [0.717, 1.165) is 11.4 Å². The number of para-hydroxylation sites is 6. The minimum absolute atomic E-state index is 1.16. The molecule has 0 radical (unpaired) electrons. The normalized spacial score (nSPS) is 11.9. The lowest BCUT2D eigenvalue weighted by Gasteiger charge is -2.15. The summed E-state index contributed by atoms with van der Waals surface area (Å²) in [6.07, 6.45) is 0. The third kappa shape index (κ3) is 4.00. The Hall–Kier alpha value is -6.84. The van der Waals surface area contributed by atoms with Crippen LogP contribution in [0.2, 0.25) is 0 Å². The van der Waals surface area contributed by atoms with E-state index in [1.807, 2.05) is 0 Å². The van der Waals surface area contributed by atoms with Crippen LogP contribution in [-0.2, 0) is 0 Å². The average Bonchev–Trinajstić information content (AvgIpc) is 3.84. The molecule has 3 aromatic heterocycles. The monoisotopic (exact) mass is 649 g/mol. The summed E-state index contributed by atoms with van der Waals surface area (Å²) in [6, 6.07) is 68.3. The highest BCUT2D eigenvalue weighted by Gasteiger charge is 2.22. The minimum atomic E-state index is 1.16. The third-order valence-electron chi connectivity index (χ3n) is 10.6. The van der Waals surface area contributed by atoms with Gasteiger partial charge in [0.25, 0.3) is 0 Å². The number of rotatable bonds is 4. The molecule has 0 saturated carbocycles. The van der Waals surface area contributed by atoms with Gasteiger partial charge in [0.05, 0.1) is 38.8 Å². The van der Waals surface area contributed by atoms with Crippen LogP contribution >= 0.6 is 0 Å². The molecular formula is C48H31N3. The van der Waals surface area contributed by atoms with Crippen molar-refractivity contribution in [1.82, 2.24) is 13.7 Å². The van der Waals surface area contributed by atoms with E-state index in [4.69, 9.17) is 0 Å². The molecule has 11 aromatic rings. The van der Waals surface area contributed by atoms with Gasteiger partial charge in [-0.1, -0.05) is 121 Å². The summed E-state index contributed by atoms with van der Waals surface area (Å²) in [4.78, 5) is 0. The highest BCUT2D eigenvalue weighted by atomic mass is 15.0. The molecule has 0 fully saturated rings. The molecule has 3 heteroatoms. The van der Waals surface area contributed by atoms with E-state index in [0.29, 0.717) is 0 Å². The molecule has 8 aromatic carbocycles. The smallest absolute Gasteiger partial charge is 0.0549 e. The van der Waals surface area contributed by atoms with E-state index in [-0.39, 0.29) is 0 Å². The Morgan fingerprint density at radius 3 is 1.37 bits per heavy atom. The van der Waals surface area contributed by atoms with Crippen LogP contribution < -0.4 is 0 Å². The second-order valence-corrected chi connectivity index (χ2v) is 13.3. The Morgan fingerprint density at radius 2 is 0.725 bits per heavy atom. The maximum atomic E-state index is 2.48. The minimum Gasteiger partial charge on any atom is -0.309 e. The van der Waals surface area contributed by atoms with Gasteiger partial charge < -0.3 is 13.7 Å². The summed E-state index contributed by atoms with van der Waals surface area (Å²) in [6.45, 7) is 0. The van der Waals surface area contributed by atoms with Gasteiger partial charge in [-0.15, -0.1) is 0 Å². The van der Waals surface area contributed by atoms with Crippen molar-refractivity contribution in [3.8, 4) is 28.2 Å². The molecule has 0 N–H and O–H groups in total. The zero-order valence-electron chi connectivity index (χ0n) is 27.7. The van der Waals surface area contributed by atoms with Gasteiger partial charge in [-0.25, -0.2) is 0 Å². The fourth-order valence-electron chi connectivity index (χ4n) is 8.54. The highest BCUT2D eigenvalue weighted by molar-refractivity contribution is 6.29. The molecule has 11 rings (SSSR count). The highest BCUT2D eigenvalue weighted by Crippen LogP contribution is 2.44. The second-order valence-electron chi connectivity index (χ2n) is 13.3. The molecule has 238 valence electrons. The van der Waals surface area contributed by atoms with Gasteiger partial charge in [0.15, 0.2) is 0 Å². The topological polar surface area (TPSA) is 14.8 Å². The Kier molecular flexibility index (Phi) is 5.96. The predicted octanol–water partition coefficient (Wildman–Crippen LogP) is 12.6. The van der Waals surface area contributed by atoms with Gasteiger partial charge in [-0.05, 0) is 72.3 Å². The van der Waals surface area contributed by atoms with Gasteiger partial charge in [0.1, 0.15) is 0 Å². The van der Waals surface area contributed by atoms with Crippen molar-refractivity contribution in [2.75, 3.05) is 0 Å². The number of fused-ring (bicyclic) bond motifs is 10. The molecule has 0 bridgehead atoms. The van der Waals surface area contributed by atoms with Crippen LogP contribution in [0.4, 0.5) is 0 Å². The lowest BCUT2D eigenvalue weighted by Crippen LogP contribution is -1.98. The second kappa shape index (κ2) is 10.8. The van der Waals surface area contributed by atoms with Crippen molar-refractivity contribution < 1.29 is 0 Å². The first-order chi connectivity index (χ1) is 25.3. The summed E-state index contributed by atoms with van der Waals surface area (Å²) in [5.74, 6) is 0. The molecule has 0 atom stereocenters. The molecule has 0 spiro atoms. The van der Waals surface area contributed by atoms with Gasteiger partial charge in [-0.3, -0.25) is 0 Å². The summed E-state index contributed by atoms with van der Waals surface area (Å²) in [7, 11) is 0. The summed E-state index contributed by atoms with van der Waals surface area (Å²) in [5, 5.41) is 7.60. The quantitative estimate of drug-likeness (QED) is 0.180. The Labute approximate surface area is 294 Å². The first-order valence-electron chi connectivity index (χ1n) is 17.5. The Balaban J connectivity index is 1.21. The zero-order valence-corrected chi connectivity index (χ0v) is 27.7.